The molecule has 0 aliphatic carbocycles. The zero-order chi connectivity index (χ0) is 24.0. The Labute approximate surface area is 203 Å². The smallest absolute Gasteiger partial charge is 0.266 e. The molecule has 0 radical (unpaired) electrons. The molecule has 2 aromatic carbocycles. The molecule has 35 heavy (non-hydrogen) atoms. The van der Waals surface area contributed by atoms with Crippen LogP contribution < -0.4 is 11.1 Å². The van der Waals surface area contributed by atoms with E-state index in [2.05, 4.69) is 68.2 Å². The standard InChI is InChI=1S/C27H25N7O/c28-15-19-8-6-18(7-9-19)12-25-23(20-4-2-1-3-5-20)13-21-14-26(29-11-10-24(21)32-25)27(35)30-16-22-17-31-34-33-22/h1-11,13,17H,12,14-16,28H2,(H,30,35)(H,31,33,34). The van der Waals surface area contributed by atoms with E-state index in [1.165, 1.54) is 0 Å². The molecule has 0 fully saturated rings. The van der Waals surface area contributed by atoms with E-state index in [9.17, 15) is 4.79 Å². The highest BCUT2D eigenvalue weighted by molar-refractivity contribution is 6.39. The summed E-state index contributed by atoms with van der Waals surface area (Å²) in [6.07, 6.45) is 6.15. The first-order valence-corrected chi connectivity index (χ1v) is 11.4. The molecule has 4 aromatic rings. The van der Waals surface area contributed by atoms with Gasteiger partial charge in [0.2, 0.25) is 0 Å². The average molecular weight is 464 g/mol. The van der Waals surface area contributed by atoms with Crippen molar-refractivity contribution >= 4 is 17.7 Å². The van der Waals surface area contributed by atoms with Crippen molar-refractivity contribution in [3.8, 4) is 11.1 Å². The molecule has 0 unspecified atom stereocenters. The van der Waals surface area contributed by atoms with E-state index >= 15 is 0 Å². The largest absolute Gasteiger partial charge is 0.345 e. The van der Waals surface area contributed by atoms with Crippen molar-refractivity contribution in [3.05, 3.63) is 107 Å². The van der Waals surface area contributed by atoms with E-state index in [4.69, 9.17) is 10.7 Å². The Morgan fingerprint density at radius 1 is 1.06 bits per heavy atom. The maximum Gasteiger partial charge on any atom is 0.266 e. The number of hydrogen-bond acceptors (Lipinski definition) is 6. The van der Waals surface area contributed by atoms with E-state index in [0.717, 1.165) is 39.2 Å². The van der Waals surface area contributed by atoms with Crippen molar-refractivity contribution in [2.24, 2.45) is 10.7 Å². The highest BCUT2D eigenvalue weighted by Gasteiger charge is 2.19. The highest BCUT2D eigenvalue weighted by Crippen LogP contribution is 2.29. The van der Waals surface area contributed by atoms with Crippen LogP contribution in [-0.2, 0) is 30.7 Å². The fourth-order valence-electron chi connectivity index (χ4n) is 4.03. The second-order valence-corrected chi connectivity index (χ2v) is 8.30. The molecule has 1 aliphatic heterocycles. The molecule has 8 heteroatoms. The lowest BCUT2D eigenvalue weighted by Crippen LogP contribution is -2.32. The van der Waals surface area contributed by atoms with Gasteiger partial charge in [-0.25, -0.2) is 0 Å². The Kier molecular flexibility index (Phi) is 6.54. The minimum atomic E-state index is -0.240. The third-order valence-corrected chi connectivity index (χ3v) is 5.91. The van der Waals surface area contributed by atoms with Crippen molar-refractivity contribution < 1.29 is 4.79 Å². The van der Waals surface area contributed by atoms with Crippen LogP contribution in [0.2, 0.25) is 0 Å². The van der Waals surface area contributed by atoms with Crippen molar-refractivity contribution in [3.63, 3.8) is 0 Å². The van der Waals surface area contributed by atoms with Crippen LogP contribution >= 0.6 is 0 Å². The molecular formula is C27H25N7O. The molecule has 0 saturated carbocycles. The predicted molar refractivity (Wildman–Crippen MR) is 135 cm³/mol. The van der Waals surface area contributed by atoms with Crippen LogP contribution in [0.25, 0.3) is 17.2 Å². The number of carbonyl (C=O) groups is 1. The van der Waals surface area contributed by atoms with Crippen LogP contribution in [0.1, 0.15) is 33.8 Å². The summed E-state index contributed by atoms with van der Waals surface area (Å²) in [7, 11) is 0. The number of fused-ring (bicyclic) bond motifs is 1. The topological polar surface area (TPSA) is 122 Å². The third kappa shape index (κ3) is 5.23. The lowest BCUT2D eigenvalue weighted by Gasteiger charge is -2.15. The van der Waals surface area contributed by atoms with Gasteiger partial charge in [-0.3, -0.25) is 14.8 Å². The number of nitrogens with two attached hydrogens (primary N) is 1. The molecule has 0 atom stereocenters. The van der Waals surface area contributed by atoms with E-state index in [1.54, 1.807) is 12.4 Å². The number of carbonyl (C=O) groups excluding carboxylic acids is 1. The number of pyridine rings is 1. The Bertz CT molecular complexity index is 1380. The van der Waals surface area contributed by atoms with E-state index in [-0.39, 0.29) is 12.5 Å². The molecule has 0 spiro atoms. The summed E-state index contributed by atoms with van der Waals surface area (Å²) >= 11 is 0. The lowest BCUT2D eigenvalue weighted by atomic mass is 9.94. The predicted octanol–water partition coefficient (Wildman–Crippen LogP) is 3.20. The molecule has 174 valence electrons. The van der Waals surface area contributed by atoms with Crippen LogP contribution in [0.3, 0.4) is 0 Å². The van der Waals surface area contributed by atoms with Crippen molar-refractivity contribution in [1.29, 1.82) is 0 Å². The number of benzene rings is 2. The first-order chi connectivity index (χ1) is 17.2. The minimum Gasteiger partial charge on any atom is -0.345 e. The molecule has 3 heterocycles. The van der Waals surface area contributed by atoms with Gasteiger partial charge in [0.15, 0.2) is 0 Å². The molecule has 0 bridgehead atoms. The van der Waals surface area contributed by atoms with E-state index in [0.29, 0.717) is 30.8 Å². The fourth-order valence-corrected chi connectivity index (χ4v) is 4.03. The first-order valence-electron chi connectivity index (χ1n) is 11.4. The normalized spacial score (nSPS) is 12.5. The summed E-state index contributed by atoms with van der Waals surface area (Å²) in [5, 5.41) is 13.1. The second-order valence-electron chi connectivity index (χ2n) is 8.30. The number of H-pyrrole nitrogens is 1. The monoisotopic (exact) mass is 463 g/mol. The summed E-state index contributed by atoms with van der Waals surface area (Å²) in [4.78, 5) is 22.2. The molecule has 1 aliphatic rings. The molecule has 8 nitrogen and oxygen atoms in total. The van der Waals surface area contributed by atoms with E-state index in [1.807, 2.05) is 24.3 Å². The van der Waals surface area contributed by atoms with Crippen LogP contribution in [0.4, 0.5) is 0 Å². The molecule has 4 N–H and O–H groups in total. The maximum atomic E-state index is 12.8. The van der Waals surface area contributed by atoms with Crippen LogP contribution in [0.15, 0.2) is 78.1 Å². The number of hydrogen-bond donors (Lipinski definition) is 3. The molecular weight excluding hydrogens is 438 g/mol. The molecule has 5 rings (SSSR count). The Morgan fingerprint density at radius 2 is 1.86 bits per heavy atom. The molecule has 1 amide bonds. The van der Waals surface area contributed by atoms with Gasteiger partial charge >= 0.3 is 0 Å². The molecule has 0 saturated heterocycles. The van der Waals surface area contributed by atoms with Gasteiger partial charge in [-0.05, 0) is 34.4 Å². The number of rotatable bonds is 7. The zero-order valence-electron chi connectivity index (χ0n) is 19.1. The van der Waals surface area contributed by atoms with Gasteiger partial charge in [-0.1, -0.05) is 54.6 Å². The highest BCUT2D eigenvalue weighted by atomic mass is 16.1. The van der Waals surface area contributed by atoms with Gasteiger partial charge in [-0.15, -0.1) is 0 Å². The third-order valence-electron chi connectivity index (χ3n) is 5.91. The Morgan fingerprint density at radius 3 is 2.60 bits per heavy atom. The number of aromatic nitrogens is 4. The summed E-state index contributed by atoms with van der Waals surface area (Å²) in [5.74, 6) is -0.240. The maximum absolute atomic E-state index is 12.8. The van der Waals surface area contributed by atoms with Gasteiger partial charge in [0.25, 0.3) is 5.91 Å². The molecule has 2 aromatic heterocycles. The van der Waals surface area contributed by atoms with Gasteiger partial charge in [0.1, 0.15) is 11.4 Å². The number of amides is 1. The van der Waals surface area contributed by atoms with Crippen LogP contribution in [0.5, 0.6) is 0 Å². The number of nitrogens with zero attached hydrogens (tertiary/aromatic N) is 4. The van der Waals surface area contributed by atoms with Gasteiger partial charge in [0, 0.05) is 31.1 Å². The first kappa shape index (κ1) is 22.4. The summed E-state index contributed by atoms with van der Waals surface area (Å²) in [5.41, 5.74) is 14.0. The number of aromatic amines is 1. The SMILES string of the molecule is NCc1ccc(Cc2nc3c(cc2-c2ccccc2)CC(C(=O)NCc2cn[nH]n2)=NC=C3)cc1. The van der Waals surface area contributed by atoms with Crippen LogP contribution in [-0.4, -0.2) is 32.0 Å². The van der Waals surface area contributed by atoms with Crippen LogP contribution in [0, 0.1) is 0 Å². The fraction of sp³-hybridized carbons (Fsp3) is 0.148. The van der Waals surface area contributed by atoms with Gasteiger partial charge in [0.05, 0.1) is 24.1 Å². The zero-order valence-corrected chi connectivity index (χ0v) is 19.1. The summed E-state index contributed by atoms with van der Waals surface area (Å²) in [6, 6.07) is 20.6. The van der Waals surface area contributed by atoms with Crippen molar-refractivity contribution in [2.45, 2.75) is 25.9 Å². The number of aliphatic imine (C=N–C) groups is 1. The summed E-state index contributed by atoms with van der Waals surface area (Å²) in [6.45, 7) is 0.798. The quantitative estimate of drug-likeness (QED) is 0.389. The number of nitrogens with one attached hydrogen (secondary N) is 2. The average Bonchev–Trinajstić information content (AvgIpc) is 3.33. The Balaban J connectivity index is 1.45. The van der Waals surface area contributed by atoms with Gasteiger partial charge < -0.3 is 11.1 Å². The van der Waals surface area contributed by atoms with E-state index < -0.39 is 0 Å². The van der Waals surface area contributed by atoms with Crippen molar-refractivity contribution in [2.75, 3.05) is 0 Å². The van der Waals surface area contributed by atoms with Gasteiger partial charge in [-0.2, -0.15) is 15.4 Å². The summed E-state index contributed by atoms with van der Waals surface area (Å²) < 4.78 is 0. The second kappa shape index (κ2) is 10.2. The minimum absolute atomic E-state index is 0.240. The Hall–Kier alpha value is -4.43. The van der Waals surface area contributed by atoms with Crippen molar-refractivity contribution in [1.82, 2.24) is 25.7 Å². The lowest BCUT2D eigenvalue weighted by molar-refractivity contribution is -0.115.